The van der Waals surface area contributed by atoms with Gasteiger partial charge in [-0.05, 0) is 68.7 Å². The fourth-order valence-electron chi connectivity index (χ4n) is 5.89. The third-order valence-electron chi connectivity index (χ3n) is 7.66. The van der Waals surface area contributed by atoms with E-state index in [4.69, 9.17) is 21.1 Å². The molecule has 188 valence electrons. The molecule has 36 heavy (non-hydrogen) atoms. The van der Waals surface area contributed by atoms with E-state index in [1.165, 1.54) is 6.42 Å². The molecule has 2 aromatic carbocycles. The number of allylic oxidation sites excluding steroid dienone is 3. The van der Waals surface area contributed by atoms with Crippen LogP contribution in [0.15, 0.2) is 71.1 Å². The Labute approximate surface area is 217 Å². The van der Waals surface area contributed by atoms with Crippen LogP contribution in [0.5, 0.6) is 5.75 Å². The van der Waals surface area contributed by atoms with Crippen molar-refractivity contribution in [1.29, 1.82) is 0 Å². The number of esters is 1. The van der Waals surface area contributed by atoms with E-state index in [0.717, 1.165) is 48.2 Å². The predicted octanol–water partition coefficient (Wildman–Crippen LogP) is 6.59. The average molecular weight is 506 g/mol. The molecule has 1 fully saturated rings. The quantitative estimate of drug-likeness (QED) is 0.464. The van der Waals surface area contributed by atoms with Gasteiger partial charge in [0.15, 0.2) is 5.78 Å². The molecule has 5 rings (SSSR count). The van der Waals surface area contributed by atoms with Crippen LogP contribution in [0.3, 0.4) is 0 Å². The van der Waals surface area contributed by atoms with E-state index in [-0.39, 0.29) is 23.8 Å². The molecule has 2 aromatic rings. The number of Topliss-reactive ketones (excluding diaryl/α,β-unsaturated/α-hetero) is 1. The fourth-order valence-corrected chi connectivity index (χ4v) is 6.02. The second-order valence-corrected chi connectivity index (χ2v) is 10.4. The zero-order chi connectivity index (χ0) is 25.2. The molecule has 2 atom stereocenters. The summed E-state index contributed by atoms with van der Waals surface area (Å²) in [6.45, 7) is 1.90. The minimum atomic E-state index is -0.535. The Morgan fingerprint density at radius 1 is 1.00 bits per heavy atom. The molecule has 0 unspecified atom stereocenters. The topological polar surface area (TPSA) is 64.6 Å². The Morgan fingerprint density at radius 3 is 2.44 bits per heavy atom. The number of carbonyl (C=O) groups excluding carboxylic acids is 2. The maximum absolute atomic E-state index is 13.8. The van der Waals surface area contributed by atoms with Crippen molar-refractivity contribution in [1.82, 2.24) is 5.32 Å². The van der Waals surface area contributed by atoms with Crippen LogP contribution >= 0.6 is 11.6 Å². The summed E-state index contributed by atoms with van der Waals surface area (Å²) in [4.78, 5) is 27.4. The van der Waals surface area contributed by atoms with E-state index in [1.807, 2.05) is 55.5 Å². The molecule has 1 heterocycles. The zero-order valence-electron chi connectivity index (χ0n) is 20.8. The van der Waals surface area contributed by atoms with Gasteiger partial charge in [-0.3, -0.25) is 4.79 Å². The van der Waals surface area contributed by atoms with Crippen molar-refractivity contribution in [3.63, 3.8) is 0 Å². The van der Waals surface area contributed by atoms with Gasteiger partial charge in [0.05, 0.1) is 18.6 Å². The fraction of sp³-hybridized carbons (Fsp3) is 0.400. The van der Waals surface area contributed by atoms with Crippen molar-refractivity contribution in [3.05, 3.63) is 87.2 Å². The highest BCUT2D eigenvalue weighted by Crippen LogP contribution is 2.48. The number of hydrogen-bond acceptors (Lipinski definition) is 5. The van der Waals surface area contributed by atoms with E-state index in [9.17, 15) is 9.59 Å². The van der Waals surface area contributed by atoms with Crippen molar-refractivity contribution >= 4 is 23.4 Å². The second-order valence-electron chi connectivity index (χ2n) is 9.98. The van der Waals surface area contributed by atoms with Crippen LogP contribution in [0.25, 0.3) is 0 Å². The van der Waals surface area contributed by atoms with Crippen molar-refractivity contribution in [3.8, 4) is 5.75 Å². The van der Waals surface area contributed by atoms with E-state index < -0.39 is 5.92 Å². The van der Waals surface area contributed by atoms with Gasteiger partial charge in [-0.2, -0.15) is 0 Å². The van der Waals surface area contributed by atoms with Gasteiger partial charge in [0.1, 0.15) is 11.9 Å². The number of para-hydroxylation sites is 1. The first kappa shape index (κ1) is 24.6. The Kier molecular flexibility index (Phi) is 7.20. The van der Waals surface area contributed by atoms with Crippen LogP contribution in [0.4, 0.5) is 0 Å². The molecule has 0 amide bonds. The molecule has 1 aliphatic heterocycles. The maximum Gasteiger partial charge on any atom is 0.337 e. The van der Waals surface area contributed by atoms with Gasteiger partial charge in [0, 0.05) is 34.0 Å². The Hall–Kier alpha value is -3.05. The first-order valence-electron chi connectivity index (χ1n) is 12.8. The van der Waals surface area contributed by atoms with Crippen molar-refractivity contribution in [2.24, 2.45) is 0 Å². The molecule has 2 aliphatic carbocycles. The largest absolute Gasteiger partial charge is 0.496 e. The summed E-state index contributed by atoms with van der Waals surface area (Å²) in [5.74, 6) is -0.147. The number of carbonyl (C=O) groups is 2. The van der Waals surface area contributed by atoms with Crippen LogP contribution < -0.4 is 10.1 Å². The van der Waals surface area contributed by atoms with Gasteiger partial charge >= 0.3 is 5.97 Å². The number of rotatable bonds is 5. The smallest absolute Gasteiger partial charge is 0.337 e. The van der Waals surface area contributed by atoms with Crippen LogP contribution in [0, 0.1) is 0 Å². The van der Waals surface area contributed by atoms with Gasteiger partial charge in [-0.1, -0.05) is 48.4 Å². The first-order valence-corrected chi connectivity index (χ1v) is 13.2. The number of benzene rings is 2. The molecule has 0 aromatic heterocycles. The standard InChI is InChI=1S/C30H32ClNO4/c1-18-27(30(34)36-22-8-4-3-5-9-22)28(23-10-6-7-11-26(23)35-2)29-24(32-18)16-20(17-25(29)33)19-12-14-21(31)15-13-19/h6-7,10-15,20,22,28,32H,3-5,8-9,16-17H2,1-2H3/t20-,28-/m1/s1. The molecule has 0 radical (unpaired) electrons. The summed E-state index contributed by atoms with van der Waals surface area (Å²) in [6.07, 6.45) is 6.08. The van der Waals surface area contributed by atoms with Crippen molar-refractivity contribution in [2.75, 3.05) is 7.11 Å². The van der Waals surface area contributed by atoms with Gasteiger partial charge in [0.2, 0.25) is 0 Å². The van der Waals surface area contributed by atoms with Gasteiger partial charge in [-0.25, -0.2) is 4.79 Å². The molecular weight excluding hydrogens is 474 g/mol. The molecule has 0 spiro atoms. The third-order valence-corrected chi connectivity index (χ3v) is 7.92. The Bertz CT molecular complexity index is 1220. The predicted molar refractivity (Wildman–Crippen MR) is 140 cm³/mol. The van der Waals surface area contributed by atoms with Crippen LogP contribution in [-0.4, -0.2) is 25.0 Å². The Morgan fingerprint density at radius 2 is 1.72 bits per heavy atom. The summed E-state index contributed by atoms with van der Waals surface area (Å²) in [7, 11) is 1.62. The summed E-state index contributed by atoms with van der Waals surface area (Å²) in [5.41, 5.74) is 4.64. The lowest BCUT2D eigenvalue weighted by molar-refractivity contribution is -0.146. The lowest BCUT2D eigenvalue weighted by Crippen LogP contribution is -2.37. The summed E-state index contributed by atoms with van der Waals surface area (Å²) in [6, 6.07) is 15.3. The van der Waals surface area contributed by atoms with E-state index >= 15 is 0 Å². The number of ketones is 1. The normalized spacial score (nSPS) is 22.7. The lowest BCUT2D eigenvalue weighted by Gasteiger charge is -2.37. The molecule has 1 N–H and O–H groups in total. The molecule has 6 heteroatoms. The molecule has 3 aliphatic rings. The Balaban J connectivity index is 1.55. The van der Waals surface area contributed by atoms with Crippen LogP contribution in [-0.2, 0) is 14.3 Å². The average Bonchev–Trinajstić information content (AvgIpc) is 2.88. The lowest BCUT2D eigenvalue weighted by atomic mass is 9.71. The minimum absolute atomic E-state index is 0.0371. The molecule has 1 saturated carbocycles. The number of methoxy groups -OCH3 is 1. The van der Waals surface area contributed by atoms with Gasteiger partial charge in [-0.15, -0.1) is 0 Å². The summed E-state index contributed by atoms with van der Waals surface area (Å²) < 4.78 is 11.7. The highest BCUT2D eigenvalue weighted by atomic mass is 35.5. The number of halogens is 1. The molecule has 5 nitrogen and oxygen atoms in total. The SMILES string of the molecule is COc1ccccc1[C@@H]1C(C(=O)OC2CCCCC2)=C(C)NC2=C1C(=O)C[C@H](c1ccc(Cl)cc1)C2. The first-order chi connectivity index (χ1) is 17.5. The second kappa shape index (κ2) is 10.5. The molecule has 0 saturated heterocycles. The zero-order valence-corrected chi connectivity index (χ0v) is 21.6. The number of ether oxygens (including phenoxy) is 2. The number of hydrogen-bond donors (Lipinski definition) is 1. The van der Waals surface area contributed by atoms with Crippen LogP contribution in [0.2, 0.25) is 5.02 Å². The highest BCUT2D eigenvalue weighted by Gasteiger charge is 2.42. The highest BCUT2D eigenvalue weighted by molar-refractivity contribution is 6.30. The minimum Gasteiger partial charge on any atom is -0.496 e. The maximum atomic E-state index is 13.8. The molecule has 0 bridgehead atoms. The van der Waals surface area contributed by atoms with E-state index in [2.05, 4.69) is 5.32 Å². The monoisotopic (exact) mass is 505 g/mol. The van der Waals surface area contributed by atoms with Crippen molar-refractivity contribution < 1.29 is 19.1 Å². The molecular formula is C30H32ClNO4. The van der Waals surface area contributed by atoms with Crippen molar-refractivity contribution in [2.45, 2.75) is 69.8 Å². The van der Waals surface area contributed by atoms with E-state index in [1.54, 1.807) is 7.11 Å². The van der Waals surface area contributed by atoms with Gasteiger partial charge in [0.25, 0.3) is 0 Å². The third kappa shape index (κ3) is 4.81. The number of dihydropyridines is 1. The number of nitrogens with one attached hydrogen (secondary N) is 1. The summed E-state index contributed by atoms with van der Waals surface area (Å²) >= 11 is 6.09. The van der Waals surface area contributed by atoms with Crippen LogP contribution in [0.1, 0.15) is 74.8 Å². The summed E-state index contributed by atoms with van der Waals surface area (Å²) in [5, 5.41) is 4.11. The van der Waals surface area contributed by atoms with Gasteiger partial charge < -0.3 is 14.8 Å². The van der Waals surface area contributed by atoms with E-state index in [0.29, 0.717) is 34.8 Å².